The van der Waals surface area contributed by atoms with E-state index in [-0.39, 0.29) is 17.6 Å². The summed E-state index contributed by atoms with van der Waals surface area (Å²) in [5.74, 6) is 1.37. The number of aromatic nitrogens is 2. The molecule has 5 nitrogen and oxygen atoms in total. The van der Waals surface area contributed by atoms with Crippen molar-refractivity contribution >= 4 is 0 Å². The van der Waals surface area contributed by atoms with Gasteiger partial charge >= 0.3 is 0 Å². The first kappa shape index (κ1) is 15.1. The molecule has 0 bridgehead atoms. The molecule has 1 aromatic rings. The van der Waals surface area contributed by atoms with Crippen molar-refractivity contribution in [3.05, 3.63) is 11.7 Å². The molecule has 0 saturated carbocycles. The van der Waals surface area contributed by atoms with Crippen LogP contribution in [0.5, 0.6) is 0 Å². The Morgan fingerprint density at radius 1 is 1.39 bits per heavy atom. The van der Waals surface area contributed by atoms with Crippen molar-refractivity contribution < 1.29 is 9.26 Å². The van der Waals surface area contributed by atoms with E-state index >= 15 is 0 Å². The number of hydrogen-bond donors (Lipinski definition) is 1. The molecular formula is C13H25N3O2. The minimum atomic E-state index is -0.214. The minimum absolute atomic E-state index is 0.0869. The Kier molecular flexibility index (Phi) is 4.87. The lowest BCUT2D eigenvalue weighted by atomic mass is 9.88. The van der Waals surface area contributed by atoms with E-state index in [4.69, 9.17) is 15.0 Å². The van der Waals surface area contributed by atoms with Gasteiger partial charge in [-0.3, -0.25) is 0 Å². The van der Waals surface area contributed by atoms with Crippen LogP contribution < -0.4 is 5.73 Å². The third-order valence-corrected chi connectivity index (χ3v) is 3.26. The van der Waals surface area contributed by atoms with Crippen LogP contribution >= 0.6 is 0 Å². The molecule has 0 radical (unpaired) electrons. The maximum atomic E-state index is 6.08. The fraction of sp³-hybridized carbons (Fsp3) is 0.846. The Morgan fingerprint density at radius 3 is 2.44 bits per heavy atom. The number of ether oxygens (including phenoxy) is 1. The van der Waals surface area contributed by atoms with Gasteiger partial charge in [0.05, 0.1) is 6.04 Å². The van der Waals surface area contributed by atoms with Crippen LogP contribution in [-0.4, -0.2) is 17.3 Å². The highest BCUT2D eigenvalue weighted by Crippen LogP contribution is 2.34. The molecule has 0 aliphatic carbocycles. The van der Waals surface area contributed by atoms with Crippen molar-refractivity contribution in [1.82, 2.24) is 10.1 Å². The van der Waals surface area contributed by atoms with Crippen molar-refractivity contribution in [2.24, 2.45) is 17.1 Å². The van der Waals surface area contributed by atoms with Gasteiger partial charge in [0, 0.05) is 7.11 Å². The Balaban J connectivity index is 2.92. The van der Waals surface area contributed by atoms with Crippen LogP contribution in [-0.2, 0) is 4.74 Å². The lowest BCUT2D eigenvalue weighted by Gasteiger charge is -2.26. The quantitative estimate of drug-likeness (QED) is 0.875. The summed E-state index contributed by atoms with van der Waals surface area (Å²) in [5, 5.41) is 4.00. The molecule has 3 atom stereocenters. The average molecular weight is 255 g/mol. The summed E-state index contributed by atoms with van der Waals surface area (Å²) in [4.78, 5) is 4.39. The van der Waals surface area contributed by atoms with E-state index in [0.717, 1.165) is 6.42 Å². The third kappa shape index (κ3) is 3.29. The molecule has 0 saturated heterocycles. The van der Waals surface area contributed by atoms with Crippen LogP contribution in [0.25, 0.3) is 0 Å². The molecule has 1 rings (SSSR count). The highest BCUT2D eigenvalue weighted by atomic mass is 16.5. The van der Waals surface area contributed by atoms with Crippen LogP contribution in [0.2, 0.25) is 0 Å². The fourth-order valence-corrected chi connectivity index (χ4v) is 1.83. The van der Waals surface area contributed by atoms with E-state index in [9.17, 15) is 0 Å². The zero-order valence-corrected chi connectivity index (χ0v) is 12.2. The zero-order valence-electron chi connectivity index (χ0n) is 12.2. The van der Waals surface area contributed by atoms with Gasteiger partial charge in [0.15, 0.2) is 0 Å². The second kappa shape index (κ2) is 5.80. The molecule has 0 amide bonds. The maximum Gasteiger partial charge on any atom is 0.243 e. The molecule has 0 spiro atoms. The number of nitrogens with zero attached hydrogens (tertiary/aromatic N) is 2. The average Bonchev–Trinajstić information content (AvgIpc) is 2.75. The SMILES string of the molecule is CCC(C)C(N)c1nc(C(OC)C(C)(C)C)no1. The zero-order chi connectivity index (χ0) is 13.9. The molecule has 104 valence electrons. The van der Waals surface area contributed by atoms with Crippen molar-refractivity contribution in [1.29, 1.82) is 0 Å². The van der Waals surface area contributed by atoms with Gasteiger partial charge in [-0.15, -0.1) is 0 Å². The van der Waals surface area contributed by atoms with Gasteiger partial charge in [-0.05, 0) is 11.3 Å². The van der Waals surface area contributed by atoms with Crippen LogP contribution in [0.3, 0.4) is 0 Å². The molecule has 0 aromatic carbocycles. The van der Waals surface area contributed by atoms with Crippen molar-refractivity contribution in [2.75, 3.05) is 7.11 Å². The molecule has 5 heteroatoms. The predicted molar refractivity (Wildman–Crippen MR) is 69.9 cm³/mol. The van der Waals surface area contributed by atoms with Gasteiger partial charge in [0.25, 0.3) is 0 Å². The van der Waals surface area contributed by atoms with Gasteiger partial charge in [0.2, 0.25) is 11.7 Å². The van der Waals surface area contributed by atoms with Gasteiger partial charge in [-0.2, -0.15) is 4.98 Å². The molecule has 0 fully saturated rings. The van der Waals surface area contributed by atoms with E-state index in [2.05, 4.69) is 44.8 Å². The van der Waals surface area contributed by atoms with Crippen LogP contribution in [0.15, 0.2) is 4.52 Å². The van der Waals surface area contributed by atoms with E-state index in [0.29, 0.717) is 17.6 Å². The Bertz CT molecular complexity index is 371. The van der Waals surface area contributed by atoms with Crippen molar-refractivity contribution in [2.45, 2.75) is 53.2 Å². The number of hydrogen-bond acceptors (Lipinski definition) is 5. The van der Waals surface area contributed by atoms with Gasteiger partial charge in [-0.25, -0.2) is 0 Å². The molecule has 18 heavy (non-hydrogen) atoms. The van der Waals surface area contributed by atoms with E-state index in [1.54, 1.807) is 7.11 Å². The first-order valence-electron chi connectivity index (χ1n) is 6.43. The topological polar surface area (TPSA) is 74.2 Å². The van der Waals surface area contributed by atoms with E-state index < -0.39 is 0 Å². The third-order valence-electron chi connectivity index (χ3n) is 3.26. The summed E-state index contributed by atoms with van der Waals surface area (Å²) >= 11 is 0. The van der Waals surface area contributed by atoms with E-state index in [1.807, 2.05) is 0 Å². The summed E-state index contributed by atoms with van der Waals surface area (Å²) in [7, 11) is 1.65. The second-order valence-corrected chi connectivity index (χ2v) is 5.88. The Labute approximate surface area is 109 Å². The summed E-state index contributed by atoms with van der Waals surface area (Å²) in [5.41, 5.74) is 5.99. The number of rotatable bonds is 5. The van der Waals surface area contributed by atoms with Gasteiger partial charge in [0.1, 0.15) is 6.10 Å². The lowest BCUT2D eigenvalue weighted by Crippen LogP contribution is -2.22. The lowest BCUT2D eigenvalue weighted by molar-refractivity contribution is 0.00718. The standard InChI is InChI=1S/C13H25N3O2/c1-7-8(2)9(14)12-15-11(16-18-12)10(17-6)13(3,4)5/h8-10H,7,14H2,1-6H3. The first-order chi connectivity index (χ1) is 8.31. The highest BCUT2D eigenvalue weighted by molar-refractivity contribution is 4.99. The monoisotopic (exact) mass is 255 g/mol. The maximum absolute atomic E-state index is 6.08. The Morgan fingerprint density at radius 2 is 2.00 bits per heavy atom. The summed E-state index contributed by atoms with van der Waals surface area (Å²) in [6.07, 6.45) is 0.783. The highest BCUT2D eigenvalue weighted by Gasteiger charge is 2.31. The van der Waals surface area contributed by atoms with Gasteiger partial charge < -0.3 is 15.0 Å². The van der Waals surface area contributed by atoms with Crippen LogP contribution in [0, 0.1) is 11.3 Å². The molecule has 3 unspecified atom stereocenters. The number of methoxy groups -OCH3 is 1. The summed E-state index contributed by atoms with van der Waals surface area (Å²) < 4.78 is 10.7. The second-order valence-electron chi connectivity index (χ2n) is 5.88. The minimum Gasteiger partial charge on any atom is -0.373 e. The van der Waals surface area contributed by atoms with E-state index in [1.165, 1.54) is 0 Å². The molecule has 0 aliphatic rings. The smallest absolute Gasteiger partial charge is 0.243 e. The molecule has 0 aliphatic heterocycles. The molecular weight excluding hydrogens is 230 g/mol. The van der Waals surface area contributed by atoms with Crippen LogP contribution in [0.4, 0.5) is 0 Å². The number of nitrogens with two attached hydrogens (primary N) is 1. The van der Waals surface area contributed by atoms with Crippen molar-refractivity contribution in [3.63, 3.8) is 0 Å². The Hall–Kier alpha value is -0.940. The summed E-state index contributed by atoms with van der Waals surface area (Å²) in [6, 6.07) is -0.214. The fourth-order valence-electron chi connectivity index (χ4n) is 1.83. The molecule has 2 N–H and O–H groups in total. The predicted octanol–water partition coefficient (Wildman–Crippen LogP) is 2.85. The van der Waals surface area contributed by atoms with Crippen molar-refractivity contribution in [3.8, 4) is 0 Å². The largest absolute Gasteiger partial charge is 0.373 e. The normalized spacial score (nSPS) is 17.5. The van der Waals surface area contributed by atoms with Crippen LogP contribution in [0.1, 0.15) is 64.9 Å². The molecule has 1 heterocycles. The molecule has 1 aromatic heterocycles. The summed E-state index contributed by atoms with van der Waals surface area (Å²) in [6.45, 7) is 10.4. The first-order valence-corrected chi connectivity index (χ1v) is 6.43. The van der Waals surface area contributed by atoms with Gasteiger partial charge in [-0.1, -0.05) is 46.2 Å².